The number of carbonyl (C=O) groups excluding carboxylic acids is 1. The van der Waals surface area contributed by atoms with E-state index in [1.165, 1.54) is 12.8 Å². The molecule has 0 aromatic rings. The summed E-state index contributed by atoms with van der Waals surface area (Å²) >= 11 is 0. The predicted molar refractivity (Wildman–Crippen MR) is 73.3 cm³/mol. The monoisotopic (exact) mass is 254 g/mol. The highest BCUT2D eigenvalue weighted by atomic mass is 16.3. The average Bonchev–Trinajstić information content (AvgIpc) is 2.36. The van der Waals surface area contributed by atoms with E-state index in [0.717, 1.165) is 19.0 Å². The molecule has 2 N–H and O–H groups in total. The van der Waals surface area contributed by atoms with Gasteiger partial charge in [-0.2, -0.15) is 0 Å². The minimum atomic E-state index is -0.467. The third-order valence-corrected chi connectivity index (χ3v) is 3.46. The van der Waals surface area contributed by atoms with Crippen LogP contribution in [0.25, 0.3) is 0 Å². The molecule has 4 nitrogen and oxygen atoms in total. The van der Waals surface area contributed by atoms with Crippen molar-refractivity contribution in [1.29, 1.82) is 0 Å². The molecule has 0 saturated carbocycles. The van der Waals surface area contributed by atoms with Gasteiger partial charge in [0.05, 0.1) is 6.10 Å². The largest absolute Gasteiger partial charge is 0.390 e. The minimum Gasteiger partial charge on any atom is -0.390 e. The van der Waals surface area contributed by atoms with Gasteiger partial charge < -0.3 is 15.3 Å². The van der Waals surface area contributed by atoms with Gasteiger partial charge in [-0.3, -0.25) is 4.79 Å². The van der Waals surface area contributed by atoms with Crippen molar-refractivity contribution >= 4 is 5.91 Å². The number of piperidine rings is 1. The highest BCUT2D eigenvalue weighted by Crippen LogP contribution is 2.15. The van der Waals surface area contributed by atoms with E-state index in [2.05, 4.69) is 23.7 Å². The van der Waals surface area contributed by atoms with Crippen molar-refractivity contribution in [2.24, 2.45) is 5.92 Å². The summed E-state index contributed by atoms with van der Waals surface area (Å²) in [4.78, 5) is 13.6. The number of likely N-dealkylation sites (tertiary alicyclic amines) is 1. The second kappa shape index (κ2) is 8.27. The molecule has 0 spiro atoms. The van der Waals surface area contributed by atoms with Crippen molar-refractivity contribution in [3.63, 3.8) is 0 Å². The van der Waals surface area contributed by atoms with Crippen LogP contribution >= 0.6 is 0 Å². The van der Waals surface area contributed by atoms with E-state index in [1.54, 1.807) is 6.08 Å². The van der Waals surface area contributed by atoms with Crippen LogP contribution in [0.5, 0.6) is 0 Å². The third kappa shape index (κ3) is 6.17. The standard InChI is InChI=1S/C14H26N2O2/c1-3-4-5-14(18)15-10-13(17)11-16-8-6-12(2)7-9-16/h3,12-13,17H,1,4-11H2,2H3,(H,15,18). The van der Waals surface area contributed by atoms with Crippen molar-refractivity contribution in [2.45, 2.75) is 38.7 Å². The quantitative estimate of drug-likeness (QED) is 0.670. The van der Waals surface area contributed by atoms with Crippen LogP contribution in [0.1, 0.15) is 32.6 Å². The molecule has 0 aliphatic carbocycles. The van der Waals surface area contributed by atoms with Gasteiger partial charge >= 0.3 is 0 Å². The van der Waals surface area contributed by atoms with Crippen LogP contribution in [0.4, 0.5) is 0 Å². The van der Waals surface area contributed by atoms with E-state index in [0.29, 0.717) is 25.9 Å². The number of β-amino-alcohol motifs (C(OH)–C–C–N with tert-alkyl or cyclic N) is 1. The van der Waals surface area contributed by atoms with Crippen LogP contribution in [0.2, 0.25) is 0 Å². The molecule has 1 rings (SSSR count). The molecule has 4 heteroatoms. The number of allylic oxidation sites excluding steroid dienone is 1. The Balaban J connectivity index is 2.11. The van der Waals surface area contributed by atoms with E-state index in [9.17, 15) is 9.90 Å². The van der Waals surface area contributed by atoms with Crippen molar-refractivity contribution < 1.29 is 9.90 Å². The number of hydrogen-bond donors (Lipinski definition) is 2. The normalized spacial score (nSPS) is 19.4. The first-order valence-electron chi connectivity index (χ1n) is 6.89. The zero-order valence-electron chi connectivity index (χ0n) is 11.4. The molecule has 1 aliphatic heterocycles. The van der Waals surface area contributed by atoms with Crippen LogP contribution in [0, 0.1) is 5.92 Å². The first-order chi connectivity index (χ1) is 8.61. The van der Waals surface area contributed by atoms with Gasteiger partial charge in [-0.05, 0) is 38.3 Å². The SMILES string of the molecule is C=CCCC(=O)NCC(O)CN1CCC(C)CC1. The molecule has 18 heavy (non-hydrogen) atoms. The van der Waals surface area contributed by atoms with Gasteiger partial charge in [-0.15, -0.1) is 6.58 Å². The van der Waals surface area contributed by atoms with E-state index >= 15 is 0 Å². The molecule has 1 amide bonds. The molecule has 0 aromatic carbocycles. The van der Waals surface area contributed by atoms with Gasteiger partial charge in [0.15, 0.2) is 0 Å². The van der Waals surface area contributed by atoms with Gasteiger partial charge in [0, 0.05) is 19.5 Å². The fourth-order valence-corrected chi connectivity index (χ4v) is 2.16. The number of nitrogens with zero attached hydrogens (tertiary/aromatic N) is 1. The number of aliphatic hydroxyl groups is 1. The summed E-state index contributed by atoms with van der Waals surface area (Å²) in [6.45, 7) is 8.97. The Bertz CT molecular complexity index is 261. The summed E-state index contributed by atoms with van der Waals surface area (Å²) in [5, 5.41) is 12.6. The number of aliphatic hydroxyl groups excluding tert-OH is 1. The summed E-state index contributed by atoms with van der Waals surface area (Å²) in [6.07, 6.45) is 4.82. The Labute approximate surface area is 110 Å². The second-order valence-electron chi connectivity index (χ2n) is 5.27. The van der Waals surface area contributed by atoms with Gasteiger partial charge in [-0.1, -0.05) is 13.0 Å². The maximum Gasteiger partial charge on any atom is 0.220 e. The van der Waals surface area contributed by atoms with Crippen molar-refractivity contribution in [3.05, 3.63) is 12.7 Å². The molecule has 104 valence electrons. The molecule has 1 saturated heterocycles. The molecular formula is C14H26N2O2. The Morgan fingerprint density at radius 3 is 2.83 bits per heavy atom. The first kappa shape index (κ1) is 15.2. The lowest BCUT2D eigenvalue weighted by molar-refractivity contribution is -0.121. The molecule has 1 unspecified atom stereocenters. The van der Waals surface area contributed by atoms with Crippen LogP contribution in [0.3, 0.4) is 0 Å². The smallest absolute Gasteiger partial charge is 0.220 e. The van der Waals surface area contributed by atoms with Gasteiger partial charge in [0.25, 0.3) is 0 Å². The van der Waals surface area contributed by atoms with Gasteiger partial charge in [0.2, 0.25) is 5.91 Å². The number of hydrogen-bond acceptors (Lipinski definition) is 3. The molecule has 0 radical (unpaired) electrons. The van der Waals surface area contributed by atoms with Crippen molar-refractivity contribution in [2.75, 3.05) is 26.2 Å². The predicted octanol–water partition coefficient (Wildman–Crippen LogP) is 1.16. The molecule has 0 bridgehead atoms. The Morgan fingerprint density at radius 2 is 2.22 bits per heavy atom. The van der Waals surface area contributed by atoms with Crippen LogP contribution in [-0.2, 0) is 4.79 Å². The summed E-state index contributed by atoms with van der Waals surface area (Å²) in [6, 6.07) is 0. The maximum absolute atomic E-state index is 11.4. The number of rotatable bonds is 7. The fourth-order valence-electron chi connectivity index (χ4n) is 2.16. The molecule has 1 aliphatic rings. The summed E-state index contributed by atoms with van der Waals surface area (Å²) in [5.74, 6) is 0.790. The Hall–Kier alpha value is -0.870. The van der Waals surface area contributed by atoms with Gasteiger partial charge in [-0.25, -0.2) is 0 Å². The van der Waals surface area contributed by atoms with E-state index in [-0.39, 0.29) is 5.91 Å². The lowest BCUT2D eigenvalue weighted by Gasteiger charge is -2.31. The van der Waals surface area contributed by atoms with Crippen LogP contribution in [0.15, 0.2) is 12.7 Å². The maximum atomic E-state index is 11.4. The highest BCUT2D eigenvalue weighted by Gasteiger charge is 2.18. The number of nitrogens with one attached hydrogen (secondary N) is 1. The first-order valence-corrected chi connectivity index (χ1v) is 6.89. The molecule has 0 aromatic heterocycles. The second-order valence-corrected chi connectivity index (χ2v) is 5.27. The molecular weight excluding hydrogens is 228 g/mol. The van der Waals surface area contributed by atoms with Crippen LogP contribution < -0.4 is 5.32 Å². The number of amides is 1. The molecule has 1 fully saturated rings. The number of carbonyl (C=O) groups is 1. The van der Waals surface area contributed by atoms with Crippen molar-refractivity contribution in [1.82, 2.24) is 10.2 Å². The highest BCUT2D eigenvalue weighted by molar-refractivity contribution is 5.75. The summed E-state index contributed by atoms with van der Waals surface area (Å²) in [7, 11) is 0. The average molecular weight is 254 g/mol. The third-order valence-electron chi connectivity index (χ3n) is 3.46. The van der Waals surface area contributed by atoms with E-state index < -0.39 is 6.10 Å². The molecule has 1 heterocycles. The fraction of sp³-hybridized carbons (Fsp3) is 0.786. The zero-order chi connectivity index (χ0) is 13.4. The van der Waals surface area contributed by atoms with Crippen LogP contribution in [-0.4, -0.2) is 48.2 Å². The Morgan fingerprint density at radius 1 is 1.56 bits per heavy atom. The minimum absolute atomic E-state index is 0.0128. The van der Waals surface area contributed by atoms with Crippen molar-refractivity contribution in [3.8, 4) is 0 Å². The molecule has 1 atom stereocenters. The Kier molecular flexibility index (Phi) is 6.98. The summed E-state index contributed by atoms with van der Waals surface area (Å²) < 4.78 is 0. The van der Waals surface area contributed by atoms with E-state index in [4.69, 9.17) is 0 Å². The van der Waals surface area contributed by atoms with E-state index in [1.807, 2.05) is 0 Å². The lowest BCUT2D eigenvalue weighted by atomic mass is 9.99. The summed E-state index contributed by atoms with van der Waals surface area (Å²) in [5.41, 5.74) is 0. The lowest BCUT2D eigenvalue weighted by Crippen LogP contribution is -2.42. The van der Waals surface area contributed by atoms with Gasteiger partial charge in [0.1, 0.15) is 0 Å². The zero-order valence-corrected chi connectivity index (χ0v) is 11.4. The topological polar surface area (TPSA) is 52.6 Å².